The molecule has 0 spiro atoms. The molecule has 2 nitrogen and oxygen atoms in total. The van der Waals surface area contributed by atoms with E-state index in [0.717, 1.165) is 6.42 Å². The topological polar surface area (TPSA) is 8.17 Å². The van der Waals surface area contributed by atoms with Gasteiger partial charge in [-0.2, -0.15) is 0 Å². The summed E-state index contributed by atoms with van der Waals surface area (Å²) in [6.07, 6.45) is 0.990. The van der Waals surface area contributed by atoms with Crippen molar-refractivity contribution < 1.29 is 0 Å². The number of nitrogens with zero attached hydrogens (tertiary/aromatic N) is 2. The maximum Gasteiger partial charge on any atom is 0.0440 e. The third-order valence-corrected chi connectivity index (χ3v) is 6.89. The van der Waals surface area contributed by atoms with Crippen LogP contribution in [0.3, 0.4) is 0 Å². The van der Waals surface area contributed by atoms with E-state index in [1.807, 2.05) is 0 Å². The highest BCUT2D eigenvalue weighted by atomic mass is 15.1. The molecular formula is C29H25N2-. The molecule has 152 valence electrons. The van der Waals surface area contributed by atoms with Gasteiger partial charge in [0.25, 0.3) is 0 Å². The molecule has 0 aliphatic carbocycles. The fourth-order valence-corrected chi connectivity index (χ4v) is 5.39. The quantitative estimate of drug-likeness (QED) is 0.282. The molecule has 0 bridgehead atoms. The summed E-state index contributed by atoms with van der Waals surface area (Å²) in [6.45, 7) is 2.31. The van der Waals surface area contributed by atoms with Crippen LogP contribution in [0.15, 0.2) is 97.1 Å². The SMILES string of the molecule is C[C-](C1Cc2ccccc2N(C)c2ccccc21)n1c2ccccc2c2ccccc21. The smallest absolute Gasteiger partial charge is 0.0440 e. The van der Waals surface area contributed by atoms with E-state index < -0.39 is 0 Å². The Labute approximate surface area is 183 Å². The van der Waals surface area contributed by atoms with Crippen molar-refractivity contribution in [1.82, 2.24) is 4.57 Å². The molecule has 1 aliphatic heterocycles. The molecule has 1 aliphatic rings. The average molecular weight is 402 g/mol. The first kappa shape index (κ1) is 18.1. The lowest BCUT2D eigenvalue weighted by atomic mass is 9.86. The van der Waals surface area contributed by atoms with Crippen molar-refractivity contribution in [3.63, 3.8) is 0 Å². The number of rotatable bonds is 2. The molecule has 0 saturated heterocycles. The van der Waals surface area contributed by atoms with Crippen LogP contribution < -0.4 is 4.90 Å². The molecule has 0 N–H and O–H groups in total. The lowest BCUT2D eigenvalue weighted by Crippen LogP contribution is -2.18. The second-order valence-corrected chi connectivity index (χ2v) is 8.51. The van der Waals surface area contributed by atoms with Crippen molar-refractivity contribution in [2.75, 3.05) is 11.9 Å². The summed E-state index contributed by atoms with van der Waals surface area (Å²) in [4.78, 5) is 2.35. The molecule has 0 radical (unpaired) electrons. The number of para-hydroxylation sites is 4. The Balaban J connectivity index is 1.60. The maximum atomic E-state index is 2.49. The molecule has 2 heterocycles. The molecule has 2 heteroatoms. The number of hydrogen-bond acceptors (Lipinski definition) is 1. The zero-order valence-corrected chi connectivity index (χ0v) is 17.9. The van der Waals surface area contributed by atoms with Gasteiger partial charge in [-0.1, -0.05) is 114 Å². The van der Waals surface area contributed by atoms with Gasteiger partial charge in [-0.05, 0) is 35.6 Å². The number of fused-ring (bicyclic) bond motifs is 5. The Morgan fingerprint density at radius 1 is 0.677 bits per heavy atom. The van der Waals surface area contributed by atoms with E-state index in [9.17, 15) is 0 Å². The van der Waals surface area contributed by atoms with Crippen LogP contribution in [0.2, 0.25) is 0 Å². The van der Waals surface area contributed by atoms with Gasteiger partial charge in [-0.3, -0.25) is 0 Å². The van der Waals surface area contributed by atoms with Crippen LogP contribution in [0.25, 0.3) is 21.8 Å². The van der Waals surface area contributed by atoms with Crippen LogP contribution >= 0.6 is 0 Å². The molecule has 1 atom stereocenters. The van der Waals surface area contributed by atoms with Gasteiger partial charge in [0.05, 0.1) is 0 Å². The number of benzene rings is 4. The van der Waals surface area contributed by atoms with E-state index in [0.29, 0.717) is 5.92 Å². The molecular weight excluding hydrogens is 376 g/mol. The van der Waals surface area contributed by atoms with E-state index in [1.165, 1.54) is 50.3 Å². The first-order chi connectivity index (χ1) is 15.2. The van der Waals surface area contributed by atoms with Crippen molar-refractivity contribution in [2.45, 2.75) is 19.3 Å². The minimum absolute atomic E-state index is 0.293. The van der Waals surface area contributed by atoms with Gasteiger partial charge in [0, 0.05) is 18.4 Å². The summed E-state index contributed by atoms with van der Waals surface area (Å²) in [5, 5.41) is 2.63. The van der Waals surface area contributed by atoms with Gasteiger partial charge in [0.2, 0.25) is 0 Å². The van der Waals surface area contributed by atoms with E-state index >= 15 is 0 Å². The zero-order valence-electron chi connectivity index (χ0n) is 17.9. The summed E-state index contributed by atoms with van der Waals surface area (Å²) in [5.41, 5.74) is 7.94. The number of aromatic nitrogens is 1. The van der Waals surface area contributed by atoms with E-state index in [4.69, 9.17) is 0 Å². The first-order valence-electron chi connectivity index (χ1n) is 11.0. The van der Waals surface area contributed by atoms with Gasteiger partial charge in [0.15, 0.2) is 0 Å². The first-order valence-corrected chi connectivity index (χ1v) is 11.0. The van der Waals surface area contributed by atoms with Crippen molar-refractivity contribution in [1.29, 1.82) is 0 Å². The molecule has 0 fully saturated rings. The predicted molar refractivity (Wildman–Crippen MR) is 131 cm³/mol. The van der Waals surface area contributed by atoms with Crippen molar-refractivity contribution in [3.05, 3.63) is 114 Å². The van der Waals surface area contributed by atoms with E-state index in [-0.39, 0.29) is 0 Å². The summed E-state index contributed by atoms with van der Waals surface area (Å²) >= 11 is 0. The fraction of sp³-hybridized carbons (Fsp3) is 0.138. The van der Waals surface area contributed by atoms with Gasteiger partial charge >= 0.3 is 0 Å². The Hall–Kier alpha value is -3.65. The third kappa shape index (κ3) is 2.68. The highest BCUT2D eigenvalue weighted by molar-refractivity contribution is 6.08. The standard InChI is InChI=1S/C29H25N2/c1-20(31-28-17-9-5-12-22(28)23-13-6-10-18-29(23)31)25-19-21-11-3-7-15-26(21)30(2)27-16-8-4-14-24(25)27/h3-18,25H,19H2,1-2H3/q-1. The molecule has 6 rings (SSSR count). The molecule has 1 unspecified atom stereocenters. The molecule has 0 saturated carbocycles. The second kappa shape index (κ2) is 6.95. The maximum absolute atomic E-state index is 2.49. The monoisotopic (exact) mass is 401 g/mol. The highest BCUT2D eigenvalue weighted by Gasteiger charge is 2.27. The van der Waals surface area contributed by atoms with Crippen molar-refractivity contribution in [2.24, 2.45) is 0 Å². The number of anilines is 2. The lowest BCUT2D eigenvalue weighted by molar-refractivity contribution is 0.637. The van der Waals surface area contributed by atoms with E-state index in [1.54, 1.807) is 0 Å². The van der Waals surface area contributed by atoms with Crippen LogP contribution in [-0.2, 0) is 6.42 Å². The normalized spacial score (nSPS) is 15.5. The van der Waals surface area contributed by atoms with Gasteiger partial charge < -0.3 is 9.47 Å². The average Bonchev–Trinajstić information content (AvgIpc) is 3.10. The van der Waals surface area contributed by atoms with Crippen molar-refractivity contribution in [3.8, 4) is 0 Å². The van der Waals surface area contributed by atoms with Crippen LogP contribution in [0.4, 0.5) is 11.4 Å². The minimum Gasteiger partial charge on any atom is -0.475 e. The number of hydrogen-bond donors (Lipinski definition) is 0. The fourth-order valence-electron chi connectivity index (χ4n) is 5.39. The Morgan fingerprint density at radius 3 is 1.94 bits per heavy atom. The molecule has 0 amide bonds. The Morgan fingerprint density at radius 2 is 1.23 bits per heavy atom. The molecule has 31 heavy (non-hydrogen) atoms. The Kier molecular flexibility index (Phi) is 4.07. The zero-order chi connectivity index (χ0) is 20.9. The summed E-state index contributed by atoms with van der Waals surface area (Å²) in [6, 6.07) is 36.6. The van der Waals surface area contributed by atoms with Crippen LogP contribution in [0.1, 0.15) is 24.0 Å². The molecule has 1 aromatic heterocycles. The van der Waals surface area contributed by atoms with Crippen LogP contribution in [0, 0.1) is 6.04 Å². The van der Waals surface area contributed by atoms with Gasteiger partial charge in [-0.25, -0.2) is 0 Å². The largest absolute Gasteiger partial charge is 0.475 e. The lowest BCUT2D eigenvalue weighted by Gasteiger charge is -2.35. The minimum atomic E-state index is 0.293. The summed E-state index contributed by atoms with van der Waals surface area (Å²) in [7, 11) is 2.19. The highest BCUT2D eigenvalue weighted by Crippen LogP contribution is 2.45. The summed E-state index contributed by atoms with van der Waals surface area (Å²) in [5.74, 6) is 0.293. The van der Waals surface area contributed by atoms with Crippen molar-refractivity contribution >= 4 is 33.2 Å². The van der Waals surface area contributed by atoms with Crippen LogP contribution in [-0.4, -0.2) is 11.6 Å². The summed E-state index contributed by atoms with van der Waals surface area (Å²) < 4.78 is 2.49. The third-order valence-electron chi connectivity index (χ3n) is 6.89. The Bertz CT molecular complexity index is 1360. The van der Waals surface area contributed by atoms with Gasteiger partial charge in [0.1, 0.15) is 0 Å². The molecule has 4 aromatic carbocycles. The van der Waals surface area contributed by atoms with Gasteiger partial charge in [-0.15, -0.1) is 6.04 Å². The predicted octanol–water partition coefficient (Wildman–Crippen LogP) is 7.30. The molecule has 5 aromatic rings. The van der Waals surface area contributed by atoms with E-state index in [2.05, 4.69) is 121 Å². The second-order valence-electron chi connectivity index (χ2n) is 8.51. The van der Waals surface area contributed by atoms with Crippen LogP contribution in [0.5, 0.6) is 0 Å².